The van der Waals surface area contributed by atoms with Crippen molar-refractivity contribution in [2.75, 3.05) is 5.32 Å². The predicted molar refractivity (Wildman–Crippen MR) is 99.6 cm³/mol. The summed E-state index contributed by atoms with van der Waals surface area (Å²) in [4.78, 5) is 32.5. The summed E-state index contributed by atoms with van der Waals surface area (Å²) in [6.45, 7) is 3.34. The summed E-state index contributed by atoms with van der Waals surface area (Å²) in [5.74, 6) is -0.863. The SMILES string of the molecule is CC(C)NS(=O)(=O)c1ccc(NC(=O)c2ccc([N+](=O)[O-])cc2[N+](=O)[O-])cc1. The average molecular weight is 408 g/mol. The van der Waals surface area contributed by atoms with Gasteiger partial charge in [-0.2, -0.15) is 0 Å². The molecule has 12 heteroatoms. The average Bonchev–Trinajstić information content (AvgIpc) is 2.60. The van der Waals surface area contributed by atoms with Gasteiger partial charge in [-0.3, -0.25) is 25.0 Å². The van der Waals surface area contributed by atoms with Crippen molar-refractivity contribution in [1.82, 2.24) is 4.72 Å². The molecule has 2 aromatic rings. The number of non-ortho nitro benzene ring substituents is 1. The zero-order chi connectivity index (χ0) is 21.1. The van der Waals surface area contributed by atoms with Crippen LogP contribution in [0.15, 0.2) is 47.4 Å². The van der Waals surface area contributed by atoms with Gasteiger partial charge in [0.1, 0.15) is 5.56 Å². The lowest BCUT2D eigenvalue weighted by atomic mass is 10.1. The van der Waals surface area contributed by atoms with E-state index in [0.717, 1.165) is 12.1 Å². The van der Waals surface area contributed by atoms with E-state index in [0.29, 0.717) is 6.07 Å². The molecule has 0 heterocycles. The molecule has 0 aliphatic heterocycles. The number of benzene rings is 2. The van der Waals surface area contributed by atoms with E-state index in [1.165, 1.54) is 24.3 Å². The number of amides is 1. The van der Waals surface area contributed by atoms with E-state index in [4.69, 9.17) is 0 Å². The molecule has 1 amide bonds. The summed E-state index contributed by atoms with van der Waals surface area (Å²) in [6.07, 6.45) is 0. The second-order valence-electron chi connectivity index (χ2n) is 5.97. The Hall–Kier alpha value is -3.38. The first-order chi connectivity index (χ1) is 13.0. The van der Waals surface area contributed by atoms with Crippen molar-refractivity contribution >= 4 is 33.0 Å². The van der Waals surface area contributed by atoms with Gasteiger partial charge in [0.2, 0.25) is 10.0 Å². The molecule has 0 aliphatic carbocycles. The molecule has 0 fully saturated rings. The Morgan fingerprint density at radius 3 is 2.11 bits per heavy atom. The molecule has 28 heavy (non-hydrogen) atoms. The van der Waals surface area contributed by atoms with Crippen molar-refractivity contribution in [3.63, 3.8) is 0 Å². The molecule has 0 unspecified atom stereocenters. The molecule has 148 valence electrons. The molecule has 0 aromatic heterocycles. The molecule has 2 N–H and O–H groups in total. The largest absolute Gasteiger partial charge is 0.322 e. The third-order valence-electron chi connectivity index (χ3n) is 3.45. The lowest BCUT2D eigenvalue weighted by molar-refractivity contribution is -0.394. The Labute approximate surface area is 159 Å². The van der Waals surface area contributed by atoms with E-state index in [9.17, 15) is 33.4 Å². The Morgan fingerprint density at radius 2 is 1.61 bits per heavy atom. The number of nitro groups is 2. The highest BCUT2D eigenvalue weighted by molar-refractivity contribution is 7.89. The first kappa shape index (κ1) is 20.9. The highest BCUT2D eigenvalue weighted by Gasteiger charge is 2.24. The molecule has 0 aliphatic rings. The molecule has 0 radical (unpaired) electrons. The van der Waals surface area contributed by atoms with Gasteiger partial charge in [-0.05, 0) is 44.2 Å². The van der Waals surface area contributed by atoms with Gasteiger partial charge in [-0.25, -0.2) is 13.1 Å². The van der Waals surface area contributed by atoms with Crippen LogP contribution in [0.5, 0.6) is 0 Å². The topological polar surface area (TPSA) is 162 Å². The minimum atomic E-state index is -3.70. The summed E-state index contributed by atoms with van der Waals surface area (Å²) < 4.78 is 26.6. The third-order valence-corrected chi connectivity index (χ3v) is 5.12. The van der Waals surface area contributed by atoms with Gasteiger partial charge in [-0.15, -0.1) is 0 Å². The maximum absolute atomic E-state index is 12.3. The van der Waals surface area contributed by atoms with Crippen molar-refractivity contribution in [3.8, 4) is 0 Å². The first-order valence-corrected chi connectivity index (χ1v) is 9.36. The van der Waals surface area contributed by atoms with Crippen molar-refractivity contribution < 1.29 is 23.1 Å². The molecule has 11 nitrogen and oxygen atoms in total. The monoisotopic (exact) mass is 408 g/mol. The zero-order valence-corrected chi connectivity index (χ0v) is 15.6. The quantitative estimate of drug-likeness (QED) is 0.525. The Morgan fingerprint density at radius 1 is 1.00 bits per heavy atom. The standard InChI is InChI=1S/C16H16N4O7S/c1-10(2)18-28(26,27)13-6-3-11(4-7-13)17-16(21)14-8-5-12(19(22)23)9-15(14)20(24)25/h3-10,18H,1-2H3,(H,17,21). The van der Waals surface area contributed by atoms with E-state index in [2.05, 4.69) is 10.0 Å². The number of hydrogen-bond donors (Lipinski definition) is 2. The number of nitrogens with one attached hydrogen (secondary N) is 2. The van der Waals surface area contributed by atoms with Crippen LogP contribution in [0.4, 0.5) is 17.1 Å². The van der Waals surface area contributed by atoms with Gasteiger partial charge >= 0.3 is 0 Å². The molecule has 0 atom stereocenters. The molecule has 2 aromatic carbocycles. The summed E-state index contributed by atoms with van der Waals surface area (Å²) in [7, 11) is -3.70. The van der Waals surface area contributed by atoms with Crippen LogP contribution < -0.4 is 10.0 Å². The first-order valence-electron chi connectivity index (χ1n) is 7.88. The molecular weight excluding hydrogens is 392 g/mol. The minimum absolute atomic E-state index is 0.0134. The van der Waals surface area contributed by atoms with Crippen LogP contribution in [0, 0.1) is 20.2 Å². The molecule has 0 saturated heterocycles. The highest BCUT2D eigenvalue weighted by atomic mass is 32.2. The fourth-order valence-corrected chi connectivity index (χ4v) is 3.52. The highest BCUT2D eigenvalue weighted by Crippen LogP contribution is 2.25. The fraction of sp³-hybridized carbons (Fsp3) is 0.188. The minimum Gasteiger partial charge on any atom is -0.322 e. The number of carbonyl (C=O) groups excluding carboxylic acids is 1. The van der Waals surface area contributed by atoms with Gasteiger partial charge in [0.25, 0.3) is 17.3 Å². The van der Waals surface area contributed by atoms with Crippen molar-refractivity contribution in [1.29, 1.82) is 0 Å². The van der Waals surface area contributed by atoms with E-state index >= 15 is 0 Å². The number of nitrogens with zero attached hydrogens (tertiary/aromatic N) is 2. The summed E-state index contributed by atoms with van der Waals surface area (Å²) >= 11 is 0. The molecule has 0 saturated carbocycles. The van der Waals surface area contributed by atoms with Crippen LogP contribution in [0.25, 0.3) is 0 Å². The van der Waals surface area contributed by atoms with Gasteiger partial charge in [0.15, 0.2) is 0 Å². The second kappa shape index (κ2) is 8.10. The van der Waals surface area contributed by atoms with Crippen molar-refractivity contribution in [2.45, 2.75) is 24.8 Å². The number of anilines is 1. The lowest BCUT2D eigenvalue weighted by Gasteiger charge is -2.10. The lowest BCUT2D eigenvalue weighted by Crippen LogP contribution is -2.30. The zero-order valence-electron chi connectivity index (χ0n) is 14.8. The Balaban J connectivity index is 2.26. The maximum Gasteiger partial charge on any atom is 0.289 e. The molecule has 0 spiro atoms. The maximum atomic E-state index is 12.3. The second-order valence-corrected chi connectivity index (χ2v) is 7.68. The third kappa shape index (κ3) is 4.86. The Kier molecular flexibility index (Phi) is 6.06. The summed E-state index contributed by atoms with van der Waals surface area (Å²) in [6, 6.07) is 7.55. The predicted octanol–water partition coefficient (Wildman–Crippen LogP) is 2.44. The van der Waals surface area contributed by atoms with Gasteiger partial charge in [-0.1, -0.05) is 0 Å². The van der Waals surface area contributed by atoms with E-state index in [1.54, 1.807) is 13.8 Å². The normalized spacial score (nSPS) is 11.2. The van der Waals surface area contributed by atoms with E-state index in [-0.39, 0.29) is 22.2 Å². The van der Waals surface area contributed by atoms with Gasteiger partial charge in [0, 0.05) is 17.8 Å². The molecular formula is C16H16N4O7S. The molecule has 0 bridgehead atoms. The van der Waals surface area contributed by atoms with E-state index in [1.807, 2.05) is 0 Å². The van der Waals surface area contributed by atoms with Crippen LogP contribution in [-0.2, 0) is 10.0 Å². The smallest absolute Gasteiger partial charge is 0.289 e. The molecule has 2 rings (SSSR count). The van der Waals surface area contributed by atoms with Crippen molar-refractivity contribution in [3.05, 3.63) is 68.3 Å². The van der Waals surface area contributed by atoms with Crippen LogP contribution in [0.1, 0.15) is 24.2 Å². The van der Waals surface area contributed by atoms with Crippen molar-refractivity contribution in [2.24, 2.45) is 0 Å². The number of carbonyl (C=O) groups is 1. The van der Waals surface area contributed by atoms with Crippen LogP contribution in [0.2, 0.25) is 0 Å². The van der Waals surface area contributed by atoms with Crippen LogP contribution >= 0.6 is 0 Å². The summed E-state index contributed by atoms with van der Waals surface area (Å²) in [5.41, 5.74) is -1.41. The number of sulfonamides is 1. The van der Waals surface area contributed by atoms with E-state index < -0.39 is 37.2 Å². The Bertz CT molecular complexity index is 1030. The number of hydrogen-bond acceptors (Lipinski definition) is 7. The fourth-order valence-electron chi connectivity index (χ4n) is 2.27. The van der Waals surface area contributed by atoms with Gasteiger partial charge < -0.3 is 5.32 Å². The number of rotatable bonds is 7. The van der Waals surface area contributed by atoms with Crippen LogP contribution in [0.3, 0.4) is 0 Å². The number of nitro benzene ring substituents is 2. The van der Waals surface area contributed by atoms with Gasteiger partial charge in [0.05, 0.1) is 20.8 Å². The summed E-state index contributed by atoms with van der Waals surface area (Å²) in [5, 5.41) is 24.3. The van der Waals surface area contributed by atoms with Crippen LogP contribution in [-0.4, -0.2) is 30.2 Å².